The number of oxazole rings is 1. The van der Waals surface area contributed by atoms with Gasteiger partial charge in [0.1, 0.15) is 23.9 Å². The lowest BCUT2D eigenvalue weighted by Gasteiger charge is -2.38. The first-order valence-corrected chi connectivity index (χ1v) is 7.19. The zero-order valence-corrected chi connectivity index (χ0v) is 12.3. The molecule has 0 aliphatic carbocycles. The molecule has 0 saturated carbocycles. The second kappa shape index (κ2) is 5.85. The Morgan fingerprint density at radius 1 is 1.33 bits per heavy atom. The number of nitrogens with zero attached hydrogens (tertiary/aromatic N) is 2. The van der Waals surface area contributed by atoms with Gasteiger partial charge in [-0.1, -0.05) is 13.8 Å². The quantitative estimate of drug-likeness (QED) is 0.847. The zero-order valence-electron chi connectivity index (χ0n) is 12.3. The molecule has 1 aliphatic heterocycles. The standard InChI is InChI=1S/C16H19FN2O2/c1-11(2)16-18-13(10-20-16)7-19-8-15(9-19)21-14-5-3-12(17)4-6-14/h3-6,10-11,15H,7-9H2,1-2H3. The second-order valence-electron chi connectivity index (χ2n) is 5.72. The zero-order chi connectivity index (χ0) is 14.8. The van der Waals surface area contributed by atoms with Crippen molar-refractivity contribution in [1.29, 1.82) is 0 Å². The Labute approximate surface area is 123 Å². The van der Waals surface area contributed by atoms with Gasteiger partial charge in [0, 0.05) is 25.6 Å². The Morgan fingerprint density at radius 3 is 2.67 bits per heavy atom. The molecule has 4 nitrogen and oxygen atoms in total. The minimum Gasteiger partial charge on any atom is -0.488 e. The maximum Gasteiger partial charge on any atom is 0.196 e. The molecule has 0 amide bonds. The Hall–Kier alpha value is -1.88. The molecule has 0 bridgehead atoms. The maximum absolute atomic E-state index is 12.8. The van der Waals surface area contributed by atoms with Crippen LogP contribution in [0.25, 0.3) is 0 Å². The molecule has 21 heavy (non-hydrogen) atoms. The minimum atomic E-state index is -0.246. The fourth-order valence-electron chi connectivity index (χ4n) is 2.32. The average Bonchev–Trinajstić information content (AvgIpc) is 2.87. The summed E-state index contributed by atoms with van der Waals surface area (Å²) >= 11 is 0. The summed E-state index contributed by atoms with van der Waals surface area (Å²) in [4.78, 5) is 6.71. The fourth-order valence-corrected chi connectivity index (χ4v) is 2.32. The van der Waals surface area contributed by atoms with Gasteiger partial charge in [-0.05, 0) is 24.3 Å². The van der Waals surface area contributed by atoms with Gasteiger partial charge in [0.25, 0.3) is 0 Å². The molecule has 2 aromatic rings. The van der Waals surface area contributed by atoms with E-state index in [2.05, 4.69) is 23.7 Å². The second-order valence-corrected chi connectivity index (χ2v) is 5.72. The Balaban J connectivity index is 1.46. The van der Waals surface area contributed by atoms with Crippen LogP contribution in [0.2, 0.25) is 0 Å². The predicted octanol–water partition coefficient (Wildman–Crippen LogP) is 3.20. The van der Waals surface area contributed by atoms with Crippen molar-refractivity contribution < 1.29 is 13.5 Å². The average molecular weight is 290 g/mol. The molecule has 3 rings (SSSR count). The summed E-state index contributed by atoms with van der Waals surface area (Å²) < 4.78 is 24.0. The number of hydrogen-bond donors (Lipinski definition) is 0. The van der Waals surface area contributed by atoms with Crippen molar-refractivity contribution in [3.8, 4) is 5.75 Å². The summed E-state index contributed by atoms with van der Waals surface area (Å²) in [6, 6.07) is 6.14. The van der Waals surface area contributed by atoms with Gasteiger partial charge in [0.2, 0.25) is 0 Å². The first kappa shape index (κ1) is 14.1. The van der Waals surface area contributed by atoms with E-state index in [0.29, 0.717) is 11.7 Å². The Bertz CT molecular complexity index is 589. The van der Waals surface area contributed by atoms with Crippen LogP contribution in [0.3, 0.4) is 0 Å². The number of halogens is 1. The molecule has 1 fully saturated rings. The van der Waals surface area contributed by atoms with Gasteiger partial charge in [-0.25, -0.2) is 9.37 Å². The molecular formula is C16H19FN2O2. The summed E-state index contributed by atoms with van der Waals surface area (Å²) in [7, 11) is 0. The molecule has 0 N–H and O–H groups in total. The van der Waals surface area contributed by atoms with Crippen LogP contribution in [0, 0.1) is 5.82 Å². The van der Waals surface area contributed by atoms with E-state index >= 15 is 0 Å². The predicted molar refractivity (Wildman–Crippen MR) is 76.7 cm³/mol. The van der Waals surface area contributed by atoms with Crippen LogP contribution in [0.4, 0.5) is 4.39 Å². The summed E-state index contributed by atoms with van der Waals surface area (Å²) in [6.07, 6.45) is 1.88. The lowest BCUT2D eigenvalue weighted by atomic mass is 10.1. The largest absolute Gasteiger partial charge is 0.488 e. The van der Waals surface area contributed by atoms with Crippen LogP contribution in [-0.4, -0.2) is 29.1 Å². The van der Waals surface area contributed by atoms with Gasteiger partial charge >= 0.3 is 0 Å². The molecule has 112 valence electrons. The van der Waals surface area contributed by atoms with Gasteiger partial charge in [0.05, 0.1) is 5.69 Å². The number of ether oxygens (including phenoxy) is 1. The molecule has 1 saturated heterocycles. The molecule has 1 aliphatic rings. The Kier molecular flexibility index (Phi) is 3.92. The number of benzene rings is 1. The number of rotatable bonds is 5. The van der Waals surface area contributed by atoms with Gasteiger partial charge in [-0.15, -0.1) is 0 Å². The molecule has 2 heterocycles. The highest BCUT2D eigenvalue weighted by Crippen LogP contribution is 2.21. The topological polar surface area (TPSA) is 38.5 Å². The smallest absolute Gasteiger partial charge is 0.196 e. The third kappa shape index (κ3) is 3.42. The molecule has 0 radical (unpaired) electrons. The minimum absolute atomic E-state index is 0.159. The molecule has 0 atom stereocenters. The maximum atomic E-state index is 12.8. The van der Waals surface area contributed by atoms with E-state index in [1.165, 1.54) is 12.1 Å². The van der Waals surface area contributed by atoms with E-state index in [-0.39, 0.29) is 11.9 Å². The van der Waals surface area contributed by atoms with Crippen LogP contribution in [0.1, 0.15) is 31.4 Å². The summed E-state index contributed by atoms with van der Waals surface area (Å²) in [5.74, 6) is 1.56. The van der Waals surface area contributed by atoms with Gasteiger partial charge in [-0.3, -0.25) is 4.90 Å². The number of aromatic nitrogens is 1. The van der Waals surface area contributed by atoms with Crippen molar-refractivity contribution in [3.05, 3.63) is 47.9 Å². The van der Waals surface area contributed by atoms with Crippen LogP contribution in [0.5, 0.6) is 5.75 Å². The van der Waals surface area contributed by atoms with Crippen LogP contribution in [-0.2, 0) is 6.54 Å². The summed E-state index contributed by atoms with van der Waals surface area (Å²) in [6.45, 7) is 6.60. The SMILES string of the molecule is CC(C)c1nc(CN2CC(Oc3ccc(F)cc3)C2)co1. The first-order chi connectivity index (χ1) is 10.1. The van der Waals surface area contributed by atoms with E-state index in [4.69, 9.17) is 9.15 Å². The molecule has 0 unspecified atom stereocenters. The number of hydrogen-bond acceptors (Lipinski definition) is 4. The third-order valence-electron chi connectivity index (χ3n) is 3.49. The molecule has 1 aromatic heterocycles. The van der Waals surface area contributed by atoms with Gasteiger partial charge < -0.3 is 9.15 Å². The van der Waals surface area contributed by atoms with Crippen LogP contribution in [0.15, 0.2) is 34.9 Å². The van der Waals surface area contributed by atoms with Crippen molar-refractivity contribution in [3.63, 3.8) is 0 Å². The highest BCUT2D eigenvalue weighted by Gasteiger charge is 2.29. The molecule has 1 aromatic carbocycles. The summed E-state index contributed by atoms with van der Waals surface area (Å²) in [5, 5.41) is 0. The lowest BCUT2D eigenvalue weighted by Crippen LogP contribution is -2.53. The van der Waals surface area contributed by atoms with E-state index < -0.39 is 0 Å². The monoisotopic (exact) mass is 290 g/mol. The van der Waals surface area contributed by atoms with Gasteiger partial charge in [0.15, 0.2) is 5.89 Å². The molecule has 5 heteroatoms. The van der Waals surface area contributed by atoms with E-state index in [9.17, 15) is 4.39 Å². The van der Waals surface area contributed by atoms with Crippen molar-refractivity contribution in [2.45, 2.75) is 32.4 Å². The van der Waals surface area contributed by atoms with Crippen molar-refractivity contribution in [1.82, 2.24) is 9.88 Å². The van der Waals surface area contributed by atoms with Crippen molar-refractivity contribution in [2.24, 2.45) is 0 Å². The Morgan fingerprint density at radius 2 is 2.05 bits per heavy atom. The van der Waals surface area contributed by atoms with Crippen molar-refractivity contribution in [2.75, 3.05) is 13.1 Å². The first-order valence-electron chi connectivity index (χ1n) is 7.19. The highest BCUT2D eigenvalue weighted by atomic mass is 19.1. The summed E-state index contributed by atoms with van der Waals surface area (Å²) in [5.41, 5.74) is 0.957. The van der Waals surface area contributed by atoms with E-state index in [0.717, 1.165) is 31.2 Å². The van der Waals surface area contributed by atoms with E-state index in [1.54, 1.807) is 18.4 Å². The van der Waals surface area contributed by atoms with Crippen LogP contribution >= 0.6 is 0 Å². The molecule has 0 spiro atoms. The number of likely N-dealkylation sites (tertiary alicyclic amines) is 1. The van der Waals surface area contributed by atoms with Crippen molar-refractivity contribution >= 4 is 0 Å². The highest BCUT2D eigenvalue weighted by molar-refractivity contribution is 5.22. The third-order valence-corrected chi connectivity index (χ3v) is 3.49. The fraction of sp³-hybridized carbons (Fsp3) is 0.438. The van der Waals surface area contributed by atoms with Crippen LogP contribution < -0.4 is 4.74 Å². The normalized spacial score (nSPS) is 16.2. The lowest BCUT2D eigenvalue weighted by molar-refractivity contribution is 0.0137. The van der Waals surface area contributed by atoms with E-state index in [1.807, 2.05) is 0 Å². The van der Waals surface area contributed by atoms with Gasteiger partial charge in [-0.2, -0.15) is 0 Å². The molecular weight excluding hydrogens is 271 g/mol.